The van der Waals surface area contributed by atoms with Gasteiger partial charge in [0.05, 0.1) is 6.54 Å². The molecule has 1 aliphatic heterocycles. The van der Waals surface area contributed by atoms with E-state index in [-0.39, 0.29) is 5.76 Å². The fourth-order valence-electron chi connectivity index (χ4n) is 2.78. The van der Waals surface area contributed by atoms with Crippen molar-refractivity contribution in [2.24, 2.45) is 5.92 Å². The van der Waals surface area contributed by atoms with Gasteiger partial charge in [-0.25, -0.2) is 4.79 Å². The van der Waals surface area contributed by atoms with Gasteiger partial charge in [0, 0.05) is 6.54 Å². The average molecular weight is 280 g/mol. The molecule has 2 N–H and O–H groups in total. The van der Waals surface area contributed by atoms with E-state index in [1.807, 2.05) is 0 Å². The Bertz CT molecular complexity index is 425. The molecule has 5 heteroatoms. The minimum atomic E-state index is -1.00. The lowest BCUT2D eigenvalue weighted by Gasteiger charge is -2.29. The van der Waals surface area contributed by atoms with Gasteiger partial charge in [-0.3, -0.25) is 4.90 Å². The van der Waals surface area contributed by atoms with E-state index in [2.05, 4.69) is 17.1 Å². The lowest BCUT2D eigenvalue weighted by atomic mass is 9.97. The molecule has 2 rings (SSSR count). The molecular weight excluding hydrogens is 256 g/mol. The van der Waals surface area contributed by atoms with Crippen LogP contribution in [0.2, 0.25) is 0 Å². The number of nitrogens with zero attached hydrogens (tertiary/aromatic N) is 1. The van der Waals surface area contributed by atoms with Gasteiger partial charge in [0.1, 0.15) is 5.76 Å². The molecule has 1 aromatic heterocycles. The third kappa shape index (κ3) is 4.35. The number of hydrogen-bond donors (Lipinski definition) is 2. The van der Waals surface area contributed by atoms with Gasteiger partial charge in [-0.1, -0.05) is 6.92 Å². The highest BCUT2D eigenvalue weighted by Gasteiger charge is 2.18. The van der Waals surface area contributed by atoms with Gasteiger partial charge >= 0.3 is 5.97 Å². The fourth-order valence-corrected chi connectivity index (χ4v) is 2.78. The van der Waals surface area contributed by atoms with Crippen LogP contribution in [0.15, 0.2) is 16.5 Å². The summed E-state index contributed by atoms with van der Waals surface area (Å²) in [6, 6.07) is 3.31. The molecule has 1 fully saturated rings. The van der Waals surface area contributed by atoms with E-state index in [1.54, 1.807) is 6.07 Å². The lowest BCUT2D eigenvalue weighted by Crippen LogP contribution is -2.36. The number of piperidine rings is 1. The largest absolute Gasteiger partial charge is 0.475 e. The quantitative estimate of drug-likeness (QED) is 0.801. The summed E-state index contributed by atoms with van der Waals surface area (Å²) in [5.74, 6) is 0.497. The molecule has 20 heavy (non-hydrogen) atoms. The number of nitrogens with one attached hydrogen (secondary N) is 1. The summed E-state index contributed by atoms with van der Waals surface area (Å²) in [7, 11) is 0. The molecule has 0 saturated carbocycles. The van der Waals surface area contributed by atoms with Gasteiger partial charge in [0.2, 0.25) is 5.76 Å². The minimum Gasteiger partial charge on any atom is -0.475 e. The van der Waals surface area contributed by atoms with Crippen LogP contribution in [-0.4, -0.2) is 42.2 Å². The number of carbonyl (C=O) groups is 1. The summed E-state index contributed by atoms with van der Waals surface area (Å²) in [6.07, 6.45) is 3.54. The summed E-state index contributed by atoms with van der Waals surface area (Å²) in [5, 5.41) is 12.3. The zero-order valence-electron chi connectivity index (χ0n) is 12.1. The van der Waals surface area contributed by atoms with E-state index in [0.29, 0.717) is 6.54 Å². The molecule has 0 aliphatic carbocycles. The number of carboxylic acids is 1. The van der Waals surface area contributed by atoms with Crippen molar-refractivity contribution in [1.29, 1.82) is 0 Å². The van der Waals surface area contributed by atoms with Crippen LogP contribution in [0.1, 0.15) is 42.5 Å². The van der Waals surface area contributed by atoms with Gasteiger partial charge in [0.15, 0.2) is 0 Å². The van der Waals surface area contributed by atoms with Crippen LogP contribution in [-0.2, 0) is 6.54 Å². The van der Waals surface area contributed by atoms with Crippen molar-refractivity contribution in [2.75, 3.05) is 26.2 Å². The van der Waals surface area contributed by atoms with Crippen molar-refractivity contribution in [3.63, 3.8) is 0 Å². The second-order valence-electron chi connectivity index (χ2n) is 5.50. The highest BCUT2D eigenvalue weighted by molar-refractivity contribution is 5.84. The predicted molar refractivity (Wildman–Crippen MR) is 76.8 cm³/mol. The Balaban J connectivity index is 1.91. The maximum atomic E-state index is 10.8. The topological polar surface area (TPSA) is 65.7 Å². The highest BCUT2D eigenvalue weighted by atomic mass is 16.4. The SMILES string of the molecule is CCCN(Cc1ccc(C(=O)O)o1)CC1CCNCC1. The first kappa shape index (κ1) is 15.1. The third-order valence-electron chi connectivity index (χ3n) is 3.77. The number of rotatable bonds is 7. The second kappa shape index (κ2) is 7.45. The van der Waals surface area contributed by atoms with Crippen LogP contribution in [0.5, 0.6) is 0 Å². The smallest absolute Gasteiger partial charge is 0.371 e. The molecule has 0 aromatic carbocycles. The van der Waals surface area contributed by atoms with E-state index >= 15 is 0 Å². The first-order chi connectivity index (χ1) is 9.69. The van der Waals surface area contributed by atoms with E-state index < -0.39 is 5.97 Å². The van der Waals surface area contributed by atoms with Crippen LogP contribution in [0.3, 0.4) is 0 Å². The normalized spacial score (nSPS) is 16.7. The number of carboxylic acid groups (broad SMARTS) is 1. The van der Waals surface area contributed by atoms with E-state index in [4.69, 9.17) is 9.52 Å². The summed E-state index contributed by atoms with van der Waals surface area (Å²) in [6.45, 7) is 7.17. The Labute approximate surface area is 119 Å². The number of hydrogen-bond acceptors (Lipinski definition) is 4. The predicted octanol–water partition coefficient (Wildman–Crippen LogP) is 2.19. The first-order valence-electron chi connectivity index (χ1n) is 7.44. The highest BCUT2D eigenvalue weighted by Crippen LogP contribution is 2.17. The average Bonchev–Trinajstić information content (AvgIpc) is 2.89. The summed E-state index contributed by atoms with van der Waals surface area (Å²) >= 11 is 0. The van der Waals surface area contributed by atoms with Crippen molar-refractivity contribution in [3.8, 4) is 0 Å². The van der Waals surface area contributed by atoms with E-state index in [1.165, 1.54) is 18.9 Å². The molecule has 1 saturated heterocycles. The van der Waals surface area contributed by atoms with Gasteiger partial charge in [0.25, 0.3) is 0 Å². The fraction of sp³-hybridized carbons (Fsp3) is 0.667. The third-order valence-corrected chi connectivity index (χ3v) is 3.77. The van der Waals surface area contributed by atoms with Crippen molar-refractivity contribution in [3.05, 3.63) is 23.7 Å². The van der Waals surface area contributed by atoms with Crippen molar-refractivity contribution < 1.29 is 14.3 Å². The molecule has 2 heterocycles. The van der Waals surface area contributed by atoms with Gasteiger partial charge in [-0.15, -0.1) is 0 Å². The maximum Gasteiger partial charge on any atom is 0.371 e. The van der Waals surface area contributed by atoms with Crippen LogP contribution in [0, 0.1) is 5.92 Å². The standard InChI is InChI=1S/C15H24N2O3/c1-2-9-17(10-12-5-7-16-8-6-12)11-13-3-4-14(20-13)15(18)19/h3-4,12,16H,2,5-11H2,1H3,(H,18,19). The van der Waals surface area contributed by atoms with Gasteiger partial charge < -0.3 is 14.8 Å². The number of furan rings is 1. The molecule has 0 bridgehead atoms. The Kier molecular flexibility index (Phi) is 5.61. The van der Waals surface area contributed by atoms with Crippen LogP contribution >= 0.6 is 0 Å². The molecule has 0 atom stereocenters. The van der Waals surface area contributed by atoms with Crippen molar-refractivity contribution in [1.82, 2.24) is 10.2 Å². The molecule has 0 spiro atoms. The zero-order valence-corrected chi connectivity index (χ0v) is 12.1. The zero-order chi connectivity index (χ0) is 14.4. The van der Waals surface area contributed by atoms with Crippen LogP contribution in [0.4, 0.5) is 0 Å². The molecule has 1 aromatic rings. The molecule has 0 amide bonds. The van der Waals surface area contributed by atoms with Crippen LogP contribution in [0.25, 0.3) is 0 Å². The number of aromatic carboxylic acids is 1. The first-order valence-corrected chi connectivity index (χ1v) is 7.44. The molecular formula is C15H24N2O3. The van der Waals surface area contributed by atoms with Gasteiger partial charge in [-0.05, 0) is 56.9 Å². The Morgan fingerprint density at radius 3 is 2.80 bits per heavy atom. The molecule has 1 aliphatic rings. The van der Waals surface area contributed by atoms with Crippen molar-refractivity contribution >= 4 is 5.97 Å². The Morgan fingerprint density at radius 1 is 1.45 bits per heavy atom. The van der Waals surface area contributed by atoms with E-state index in [9.17, 15) is 4.79 Å². The monoisotopic (exact) mass is 280 g/mol. The van der Waals surface area contributed by atoms with Crippen molar-refractivity contribution in [2.45, 2.75) is 32.7 Å². The second-order valence-corrected chi connectivity index (χ2v) is 5.50. The minimum absolute atomic E-state index is 0.0262. The molecule has 112 valence electrons. The molecule has 5 nitrogen and oxygen atoms in total. The van der Waals surface area contributed by atoms with Crippen LogP contribution < -0.4 is 5.32 Å². The summed E-state index contributed by atoms with van der Waals surface area (Å²) in [4.78, 5) is 13.2. The maximum absolute atomic E-state index is 10.8. The van der Waals surface area contributed by atoms with E-state index in [0.717, 1.165) is 44.3 Å². The Hall–Kier alpha value is -1.33. The summed E-state index contributed by atoms with van der Waals surface area (Å²) in [5.41, 5.74) is 0. The summed E-state index contributed by atoms with van der Waals surface area (Å²) < 4.78 is 5.36. The molecule has 0 radical (unpaired) electrons. The molecule has 0 unspecified atom stereocenters. The van der Waals surface area contributed by atoms with Gasteiger partial charge in [-0.2, -0.15) is 0 Å². The lowest BCUT2D eigenvalue weighted by molar-refractivity contribution is 0.0657. The Morgan fingerprint density at radius 2 is 2.20 bits per heavy atom.